The predicted octanol–water partition coefficient (Wildman–Crippen LogP) is 3.80. The first-order chi connectivity index (χ1) is 14.3. The maximum atomic E-state index is 12.7. The lowest BCUT2D eigenvalue weighted by molar-refractivity contribution is -0.115. The van der Waals surface area contributed by atoms with Crippen LogP contribution in [-0.2, 0) is 21.2 Å². The van der Waals surface area contributed by atoms with Crippen molar-refractivity contribution >= 4 is 32.6 Å². The summed E-state index contributed by atoms with van der Waals surface area (Å²) in [5, 5.41) is 7.70. The van der Waals surface area contributed by atoms with Crippen molar-refractivity contribution in [2.45, 2.75) is 44.4 Å². The standard InChI is InChI=1S/C22H25N3O4S/c1-15-12-16(2)22-19(13-15)20(24-29-22)14-21(26)23-17-6-8-18(9-7-17)30(27,28)25-10-4-3-5-11-25/h6-9,12-13H,3-5,10-11,14H2,1-2H3,(H,23,26). The number of sulfonamides is 1. The van der Waals surface area contributed by atoms with Crippen LogP contribution in [-0.4, -0.2) is 36.9 Å². The molecular weight excluding hydrogens is 402 g/mol. The predicted molar refractivity (Wildman–Crippen MR) is 115 cm³/mol. The summed E-state index contributed by atoms with van der Waals surface area (Å²) in [4.78, 5) is 12.7. The largest absolute Gasteiger partial charge is 0.356 e. The minimum absolute atomic E-state index is 0.0731. The minimum Gasteiger partial charge on any atom is -0.356 e. The second-order valence-corrected chi connectivity index (χ2v) is 9.74. The van der Waals surface area contributed by atoms with Gasteiger partial charge < -0.3 is 9.84 Å². The van der Waals surface area contributed by atoms with Gasteiger partial charge in [-0.3, -0.25) is 4.79 Å². The van der Waals surface area contributed by atoms with Crippen molar-refractivity contribution in [3.8, 4) is 0 Å². The molecule has 0 bridgehead atoms. The van der Waals surface area contributed by atoms with Crippen molar-refractivity contribution in [1.29, 1.82) is 0 Å². The average Bonchev–Trinajstić information content (AvgIpc) is 3.12. The van der Waals surface area contributed by atoms with E-state index >= 15 is 0 Å². The fourth-order valence-electron chi connectivity index (χ4n) is 3.89. The molecular formula is C22H25N3O4S. The first-order valence-electron chi connectivity index (χ1n) is 10.1. The number of aryl methyl sites for hydroxylation is 2. The highest BCUT2D eigenvalue weighted by Gasteiger charge is 2.25. The molecule has 1 aliphatic heterocycles. The highest BCUT2D eigenvalue weighted by molar-refractivity contribution is 7.89. The minimum atomic E-state index is -3.48. The summed E-state index contributed by atoms with van der Waals surface area (Å²) < 4.78 is 32.4. The molecule has 7 nitrogen and oxygen atoms in total. The van der Waals surface area contributed by atoms with E-state index in [1.54, 1.807) is 12.1 Å². The quantitative estimate of drug-likeness (QED) is 0.669. The highest BCUT2D eigenvalue weighted by Crippen LogP contribution is 2.25. The molecule has 0 atom stereocenters. The Kier molecular flexibility index (Phi) is 5.62. The van der Waals surface area contributed by atoms with E-state index in [9.17, 15) is 13.2 Å². The normalized spacial score (nSPS) is 15.4. The Morgan fingerprint density at radius 3 is 2.50 bits per heavy atom. The van der Waals surface area contributed by atoms with Gasteiger partial charge in [0.05, 0.1) is 11.3 Å². The van der Waals surface area contributed by atoms with Crippen LogP contribution in [0.2, 0.25) is 0 Å². The fraction of sp³-hybridized carbons (Fsp3) is 0.364. The number of aromatic nitrogens is 1. The Hall–Kier alpha value is -2.71. The second-order valence-electron chi connectivity index (χ2n) is 7.80. The summed E-state index contributed by atoms with van der Waals surface area (Å²) in [6.07, 6.45) is 2.92. The molecule has 1 aliphatic rings. The topological polar surface area (TPSA) is 92.5 Å². The van der Waals surface area contributed by atoms with Gasteiger partial charge in [0.1, 0.15) is 5.69 Å². The van der Waals surface area contributed by atoms with Crippen LogP contribution in [0.25, 0.3) is 11.0 Å². The van der Waals surface area contributed by atoms with Gasteiger partial charge in [-0.2, -0.15) is 4.31 Å². The molecule has 158 valence electrons. The summed E-state index contributed by atoms with van der Waals surface area (Å²) in [7, 11) is -3.48. The van der Waals surface area contributed by atoms with E-state index < -0.39 is 10.0 Å². The van der Waals surface area contributed by atoms with E-state index in [0.29, 0.717) is 30.1 Å². The van der Waals surface area contributed by atoms with Crippen LogP contribution in [0.4, 0.5) is 5.69 Å². The van der Waals surface area contributed by atoms with Gasteiger partial charge in [0, 0.05) is 24.2 Å². The van der Waals surface area contributed by atoms with Crippen LogP contribution in [0.15, 0.2) is 45.8 Å². The van der Waals surface area contributed by atoms with Crippen molar-refractivity contribution in [3.63, 3.8) is 0 Å². The van der Waals surface area contributed by atoms with Gasteiger partial charge in [-0.05, 0) is 68.1 Å². The molecule has 0 saturated carbocycles. The first-order valence-corrected chi connectivity index (χ1v) is 11.5. The van der Waals surface area contributed by atoms with Crippen LogP contribution in [0.3, 0.4) is 0 Å². The molecule has 0 unspecified atom stereocenters. The molecule has 30 heavy (non-hydrogen) atoms. The lowest BCUT2D eigenvalue weighted by Crippen LogP contribution is -2.35. The Labute approximate surface area is 176 Å². The van der Waals surface area contributed by atoms with Crippen molar-refractivity contribution < 1.29 is 17.7 Å². The van der Waals surface area contributed by atoms with Crippen molar-refractivity contribution in [2.24, 2.45) is 0 Å². The van der Waals surface area contributed by atoms with Gasteiger partial charge in [0.15, 0.2) is 5.58 Å². The first kappa shape index (κ1) is 20.6. The molecule has 2 heterocycles. The van der Waals surface area contributed by atoms with Crippen molar-refractivity contribution in [3.05, 3.63) is 53.2 Å². The fourth-order valence-corrected chi connectivity index (χ4v) is 5.41. The zero-order valence-electron chi connectivity index (χ0n) is 17.1. The van der Waals surface area contributed by atoms with Crippen molar-refractivity contribution in [2.75, 3.05) is 18.4 Å². The smallest absolute Gasteiger partial charge is 0.243 e. The summed E-state index contributed by atoms with van der Waals surface area (Å²) in [6.45, 7) is 5.06. The molecule has 3 aromatic rings. The number of hydrogen-bond acceptors (Lipinski definition) is 5. The Bertz CT molecular complexity index is 1180. The molecule has 1 saturated heterocycles. The van der Waals surface area contributed by atoms with Gasteiger partial charge in [-0.25, -0.2) is 8.42 Å². The number of hydrogen-bond donors (Lipinski definition) is 1. The van der Waals surface area contributed by atoms with Crippen LogP contribution < -0.4 is 5.32 Å². The number of benzene rings is 2. The number of piperidine rings is 1. The third-order valence-electron chi connectivity index (χ3n) is 5.40. The van der Waals surface area contributed by atoms with Crippen molar-refractivity contribution in [1.82, 2.24) is 9.46 Å². The van der Waals surface area contributed by atoms with E-state index in [1.165, 1.54) is 16.4 Å². The maximum Gasteiger partial charge on any atom is 0.243 e. The molecule has 8 heteroatoms. The zero-order valence-corrected chi connectivity index (χ0v) is 18.0. The van der Waals surface area contributed by atoms with Crippen LogP contribution >= 0.6 is 0 Å². The Morgan fingerprint density at radius 1 is 1.10 bits per heavy atom. The summed E-state index contributed by atoms with van der Waals surface area (Å²) in [5.41, 5.74) is 3.87. The van der Waals surface area contributed by atoms with Crippen LogP contribution in [0.5, 0.6) is 0 Å². The lowest BCUT2D eigenvalue weighted by atomic mass is 10.1. The lowest BCUT2D eigenvalue weighted by Gasteiger charge is -2.25. The molecule has 0 aliphatic carbocycles. The zero-order chi connectivity index (χ0) is 21.3. The molecule has 1 aromatic heterocycles. The number of rotatable bonds is 5. The van der Waals surface area contributed by atoms with E-state index in [0.717, 1.165) is 35.8 Å². The number of fused-ring (bicyclic) bond motifs is 1. The Balaban J connectivity index is 1.45. The SMILES string of the molecule is Cc1cc(C)c2onc(CC(=O)Nc3ccc(S(=O)(=O)N4CCCCC4)cc3)c2c1. The average molecular weight is 428 g/mol. The van der Waals surface area contributed by atoms with E-state index in [-0.39, 0.29) is 17.2 Å². The molecule has 1 fully saturated rings. The number of nitrogens with zero attached hydrogens (tertiary/aromatic N) is 2. The van der Waals surface area contributed by atoms with E-state index in [1.807, 2.05) is 26.0 Å². The number of anilines is 1. The van der Waals surface area contributed by atoms with E-state index in [4.69, 9.17) is 4.52 Å². The van der Waals surface area contributed by atoms with Gasteiger partial charge in [0.25, 0.3) is 0 Å². The van der Waals surface area contributed by atoms with Gasteiger partial charge in [-0.15, -0.1) is 0 Å². The summed E-state index contributed by atoms with van der Waals surface area (Å²) in [6, 6.07) is 10.3. The molecule has 0 radical (unpaired) electrons. The van der Waals surface area contributed by atoms with Gasteiger partial charge in [-0.1, -0.05) is 17.6 Å². The van der Waals surface area contributed by atoms with Gasteiger partial charge in [0.2, 0.25) is 15.9 Å². The Morgan fingerprint density at radius 2 is 1.80 bits per heavy atom. The molecule has 1 N–H and O–H groups in total. The second kappa shape index (κ2) is 8.20. The van der Waals surface area contributed by atoms with Crippen LogP contribution in [0, 0.1) is 13.8 Å². The summed E-state index contributed by atoms with van der Waals surface area (Å²) >= 11 is 0. The number of carbonyl (C=O) groups is 1. The maximum absolute atomic E-state index is 12.7. The number of nitrogens with one attached hydrogen (secondary N) is 1. The number of carbonyl (C=O) groups excluding carboxylic acids is 1. The highest BCUT2D eigenvalue weighted by atomic mass is 32.2. The molecule has 4 rings (SSSR count). The number of amides is 1. The molecule has 0 spiro atoms. The summed E-state index contributed by atoms with van der Waals surface area (Å²) in [5.74, 6) is -0.240. The molecule has 2 aromatic carbocycles. The monoisotopic (exact) mass is 427 g/mol. The van der Waals surface area contributed by atoms with E-state index in [2.05, 4.69) is 10.5 Å². The third kappa shape index (κ3) is 4.11. The van der Waals surface area contributed by atoms with Crippen LogP contribution in [0.1, 0.15) is 36.1 Å². The third-order valence-corrected chi connectivity index (χ3v) is 7.31. The van der Waals surface area contributed by atoms with Gasteiger partial charge >= 0.3 is 0 Å². The molecule has 1 amide bonds.